The van der Waals surface area contributed by atoms with Crippen LogP contribution in [0.1, 0.15) is 12.5 Å². The molecule has 0 atom stereocenters. The van der Waals surface area contributed by atoms with E-state index in [0.717, 1.165) is 18.7 Å². The molecule has 4 nitrogen and oxygen atoms in total. The molecule has 0 saturated carbocycles. The molecule has 4 heteroatoms. The van der Waals surface area contributed by atoms with Gasteiger partial charge in [-0.15, -0.1) is 0 Å². The molecule has 1 aromatic heterocycles. The number of para-hydroxylation sites is 2. The summed E-state index contributed by atoms with van der Waals surface area (Å²) in [5.74, 6) is 1.93. The molecule has 0 radical (unpaired) electrons. The zero-order valence-electron chi connectivity index (χ0n) is 11.2. The molecule has 19 heavy (non-hydrogen) atoms. The Hall–Kier alpha value is -2.07. The minimum absolute atomic E-state index is 0.569. The van der Waals surface area contributed by atoms with E-state index in [1.165, 1.54) is 0 Å². The van der Waals surface area contributed by atoms with E-state index in [1.54, 1.807) is 13.3 Å². The van der Waals surface area contributed by atoms with Gasteiger partial charge in [-0.25, -0.2) is 4.98 Å². The lowest BCUT2D eigenvalue weighted by molar-refractivity contribution is 0.374. The van der Waals surface area contributed by atoms with Gasteiger partial charge in [0.25, 0.3) is 0 Å². The number of nitrogens with zero attached hydrogens (tertiary/aromatic N) is 1. The van der Waals surface area contributed by atoms with Crippen molar-refractivity contribution in [1.29, 1.82) is 0 Å². The fourth-order valence-electron chi connectivity index (χ4n) is 1.70. The van der Waals surface area contributed by atoms with E-state index in [0.29, 0.717) is 17.4 Å². The number of pyridine rings is 1. The lowest BCUT2D eigenvalue weighted by Crippen LogP contribution is -2.11. The third-order valence-electron chi connectivity index (χ3n) is 2.66. The predicted octanol–water partition coefficient (Wildman–Crippen LogP) is 2.99. The molecular formula is C15H18N2O2. The largest absolute Gasteiger partial charge is 0.493 e. The van der Waals surface area contributed by atoms with Gasteiger partial charge in [0.2, 0.25) is 5.88 Å². The van der Waals surface area contributed by atoms with Gasteiger partial charge in [-0.05, 0) is 30.3 Å². The Balaban J connectivity index is 2.14. The van der Waals surface area contributed by atoms with Crippen molar-refractivity contribution in [2.24, 2.45) is 0 Å². The summed E-state index contributed by atoms with van der Waals surface area (Å²) < 4.78 is 11.0. The molecule has 0 fully saturated rings. The van der Waals surface area contributed by atoms with Crippen LogP contribution in [0.25, 0.3) is 0 Å². The second-order valence-electron chi connectivity index (χ2n) is 4.04. The molecule has 0 amide bonds. The molecule has 2 rings (SSSR count). The van der Waals surface area contributed by atoms with Crippen LogP contribution in [0.4, 0.5) is 0 Å². The van der Waals surface area contributed by atoms with Crippen molar-refractivity contribution < 1.29 is 9.47 Å². The number of rotatable bonds is 6. The minimum atomic E-state index is 0.569. The predicted molar refractivity (Wildman–Crippen MR) is 74.7 cm³/mol. The molecule has 0 spiro atoms. The molecule has 0 saturated heterocycles. The van der Waals surface area contributed by atoms with Crippen LogP contribution in [0.2, 0.25) is 0 Å². The van der Waals surface area contributed by atoms with Crippen LogP contribution in [0.15, 0.2) is 42.6 Å². The number of nitrogens with one attached hydrogen (secondary N) is 1. The van der Waals surface area contributed by atoms with Gasteiger partial charge in [-0.1, -0.05) is 19.1 Å². The van der Waals surface area contributed by atoms with E-state index in [1.807, 2.05) is 36.4 Å². The number of methoxy groups -OCH3 is 1. The summed E-state index contributed by atoms with van der Waals surface area (Å²) in [6, 6.07) is 11.4. The van der Waals surface area contributed by atoms with Gasteiger partial charge in [0.15, 0.2) is 11.5 Å². The molecule has 100 valence electrons. The Morgan fingerprint density at radius 3 is 2.68 bits per heavy atom. The standard InChI is InChI=1S/C15H18N2O2/c1-3-16-11-12-8-9-17-15(10-12)19-14-7-5-4-6-13(14)18-2/h4-10,16H,3,11H2,1-2H3. The highest BCUT2D eigenvalue weighted by molar-refractivity contribution is 5.41. The molecule has 0 aliphatic carbocycles. The van der Waals surface area contributed by atoms with Crippen molar-refractivity contribution in [2.45, 2.75) is 13.5 Å². The van der Waals surface area contributed by atoms with E-state index < -0.39 is 0 Å². The van der Waals surface area contributed by atoms with Crippen LogP contribution in [0.5, 0.6) is 17.4 Å². The Bertz CT molecular complexity index is 529. The van der Waals surface area contributed by atoms with Crippen molar-refractivity contribution in [2.75, 3.05) is 13.7 Å². The smallest absolute Gasteiger partial charge is 0.219 e. The summed E-state index contributed by atoms with van der Waals surface area (Å²) in [5.41, 5.74) is 1.14. The number of aromatic nitrogens is 1. The molecule has 1 aromatic carbocycles. The van der Waals surface area contributed by atoms with Gasteiger partial charge in [0, 0.05) is 18.8 Å². The Labute approximate surface area is 113 Å². The first-order chi connectivity index (χ1) is 9.33. The topological polar surface area (TPSA) is 43.4 Å². The SMILES string of the molecule is CCNCc1ccnc(Oc2ccccc2OC)c1. The van der Waals surface area contributed by atoms with E-state index in [9.17, 15) is 0 Å². The van der Waals surface area contributed by atoms with Gasteiger partial charge < -0.3 is 14.8 Å². The Kier molecular flexibility index (Phi) is 4.75. The first kappa shape index (κ1) is 13.4. The van der Waals surface area contributed by atoms with Crippen LogP contribution in [0, 0.1) is 0 Å². The minimum Gasteiger partial charge on any atom is -0.493 e. The van der Waals surface area contributed by atoms with Gasteiger partial charge in [0.1, 0.15) is 0 Å². The van der Waals surface area contributed by atoms with Gasteiger partial charge in [0.05, 0.1) is 7.11 Å². The average molecular weight is 258 g/mol. The molecule has 1 heterocycles. The van der Waals surface area contributed by atoms with Crippen LogP contribution < -0.4 is 14.8 Å². The van der Waals surface area contributed by atoms with Crippen molar-refractivity contribution in [3.8, 4) is 17.4 Å². The molecule has 0 bridgehead atoms. The summed E-state index contributed by atoms with van der Waals surface area (Å²) in [5, 5.41) is 3.27. The normalized spacial score (nSPS) is 10.2. The maximum Gasteiger partial charge on any atom is 0.219 e. The van der Waals surface area contributed by atoms with Crippen molar-refractivity contribution in [3.05, 3.63) is 48.2 Å². The molecular weight excluding hydrogens is 240 g/mol. The van der Waals surface area contributed by atoms with E-state index in [2.05, 4.69) is 17.2 Å². The summed E-state index contributed by atoms with van der Waals surface area (Å²) in [6.07, 6.45) is 1.75. The third-order valence-corrected chi connectivity index (χ3v) is 2.66. The maximum atomic E-state index is 5.76. The summed E-state index contributed by atoms with van der Waals surface area (Å²) in [6.45, 7) is 3.82. The van der Waals surface area contributed by atoms with Gasteiger partial charge >= 0.3 is 0 Å². The number of hydrogen-bond donors (Lipinski definition) is 1. The molecule has 1 N–H and O–H groups in total. The van der Waals surface area contributed by atoms with Crippen LogP contribution >= 0.6 is 0 Å². The first-order valence-electron chi connectivity index (χ1n) is 6.30. The van der Waals surface area contributed by atoms with Crippen LogP contribution in [-0.2, 0) is 6.54 Å². The number of ether oxygens (including phenoxy) is 2. The van der Waals surface area contributed by atoms with Crippen molar-refractivity contribution >= 4 is 0 Å². The highest BCUT2D eigenvalue weighted by Gasteiger charge is 2.05. The van der Waals surface area contributed by atoms with Crippen LogP contribution in [-0.4, -0.2) is 18.6 Å². The molecule has 2 aromatic rings. The van der Waals surface area contributed by atoms with Crippen molar-refractivity contribution in [3.63, 3.8) is 0 Å². The van der Waals surface area contributed by atoms with Crippen molar-refractivity contribution in [1.82, 2.24) is 10.3 Å². The second-order valence-corrected chi connectivity index (χ2v) is 4.04. The Morgan fingerprint density at radius 1 is 1.16 bits per heavy atom. The fraction of sp³-hybridized carbons (Fsp3) is 0.267. The average Bonchev–Trinajstić information content (AvgIpc) is 2.46. The quantitative estimate of drug-likeness (QED) is 0.865. The fourth-order valence-corrected chi connectivity index (χ4v) is 1.70. The number of benzene rings is 1. The summed E-state index contributed by atoms with van der Waals surface area (Å²) in [7, 11) is 1.62. The molecule has 0 aliphatic heterocycles. The number of hydrogen-bond acceptors (Lipinski definition) is 4. The van der Waals surface area contributed by atoms with E-state index in [-0.39, 0.29) is 0 Å². The maximum absolute atomic E-state index is 5.76. The van der Waals surface area contributed by atoms with Crippen LogP contribution in [0.3, 0.4) is 0 Å². The van der Waals surface area contributed by atoms with Gasteiger partial charge in [-0.3, -0.25) is 0 Å². The highest BCUT2D eigenvalue weighted by Crippen LogP contribution is 2.30. The summed E-state index contributed by atoms with van der Waals surface area (Å²) in [4.78, 5) is 4.21. The zero-order chi connectivity index (χ0) is 13.5. The van der Waals surface area contributed by atoms with E-state index in [4.69, 9.17) is 9.47 Å². The molecule has 0 aliphatic rings. The lowest BCUT2D eigenvalue weighted by Gasteiger charge is -2.10. The summed E-state index contributed by atoms with van der Waals surface area (Å²) >= 11 is 0. The highest BCUT2D eigenvalue weighted by atomic mass is 16.5. The lowest BCUT2D eigenvalue weighted by atomic mass is 10.2. The molecule has 0 unspecified atom stereocenters. The monoisotopic (exact) mass is 258 g/mol. The van der Waals surface area contributed by atoms with Gasteiger partial charge in [-0.2, -0.15) is 0 Å². The third kappa shape index (κ3) is 3.69. The zero-order valence-corrected chi connectivity index (χ0v) is 11.2. The first-order valence-corrected chi connectivity index (χ1v) is 6.30. The second kappa shape index (κ2) is 6.75. The Morgan fingerprint density at radius 2 is 1.95 bits per heavy atom. The van der Waals surface area contributed by atoms with E-state index >= 15 is 0 Å².